The van der Waals surface area contributed by atoms with Gasteiger partial charge in [0, 0.05) is 0 Å². The van der Waals surface area contributed by atoms with Crippen LogP contribution in [0.3, 0.4) is 0 Å². The van der Waals surface area contributed by atoms with Crippen LogP contribution < -0.4 is 0 Å². The SMILES string of the molecule is CCOC(=O)[C@H](C)c1ccccc1. The smallest absolute Gasteiger partial charge is 0.313 e. The van der Waals surface area contributed by atoms with Crippen LogP contribution in [0.4, 0.5) is 0 Å². The summed E-state index contributed by atoms with van der Waals surface area (Å²) in [6.45, 7) is 4.11. The third kappa shape index (κ3) is 2.58. The molecule has 0 saturated heterocycles. The number of carbonyl (C=O) groups is 1. The molecule has 0 N–H and O–H groups in total. The maximum Gasteiger partial charge on any atom is 0.313 e. The first-order valence-corrected chi connectivity index (χ1v) is 4.47. The van der Waals surface area contributed by atoms with E-state index in [1.54, 1.807) is 0 Å². The average Bonchev–Trinajstić information content (AvgIpc) is 2.18. The lowest BCUT2D eigenvalue weighted by molar-refractivity contribution is -0.144. The molecule has 0 heterocycles. The zero-order valence-corrected chi connectivity index (χ0v) is 7.99. The number of carbonyl (C=O) groups excluding carboxylic acids is 1. The van der Waals surface area contributed by atoms with Gasteiger partial charge >= 0.3 is 5.97 Å². The van der Waals surface area contributed by atoms with E-state index in [1.807, 2.05) is 44.2 Å². The molecule has 0 radical (unpaired) electrons. The highest BCUT2D eigenvalue weighted by Gasteiger charge is 2.14. The van der Waals surface area contributed by atoms with E-state index in [9.17, 15) is 4.79 Å². The molecular weight excluding hydrogens is 164 g/mol. The summed E-state index contributed by atoms with van der Waals surface area (Å²) in [4.78, 5) is 11.3. The number of ether oxygens (including phenoxy) is 1. The molecule has 0 bridgehead atoms. The van der Waals surface area contributed by atoms with Crippen molar-refractivity contribution in [1.82, 2.24) is 0 Å². The summed E-state index contributed by atoms with van der Waals surface area (Å²) in [7, 11) is 0. The van der Waals surface area contributed by atoms with Crippen LogP contribution in [0.5, 0.6) is 0 Å². The van der Waals surface area contributed by atoms with Crippen LogP contribution in [-0.2, 0) is 9.53 Å². The maximum atomic E-state index is 11.3. The molecule has 0 unspecified atom stereocenters. The molecule has 0 spiro atoms. The molecule has 13 heavy (non-hydrogen) atoms. The van der Waals surface area contributed by atoms with Crippen molar-refractivity contribution < 1.29 is 9.53 Å². The fraction of sp³-hybridized carbons (Fsp3) is 0.364. The zero-order valence-electron chi connectivity index (χ0n) is 7.99. The Hall–Kier alpha value is -1.31. The summed E-state index contributed by atoms with van der Waals surface area (Å²) in [6, 6.07) is 9.64. The Bertz CT molecular complexity index is 267. The summed E-state index contributed by atoms with van der Waals surface area (Å²) < 4.78 is 4.92. The zero-order chi connectivity index (χ0) is 9.68. The predicted octanol–water partition coefficient (Wildman–Crippen LogP) is 2.35. The minimum Gasteiger partial charge on any atom is -0.466 e. The molecular formula is C11H14O2. The van der Waals surface area contributed by atoms with Crippen molar-refractivity contribution >= 4 is 5.97 Å². The van der Waals surface area contributed by atoms with E-state index >= 15 is 0 Å². The summed E-state index contributed by atoms with van der Waals surface area (Å²) >= 11 is 0. The van der Waals surface area contributed by atoms with Crippen molar-refractivity contribution in [2.45, 2.75) is 19.8 Å². The lowest BCUT2D eigenvalue weighted by Gasteiger charge is -2.09. The number of hydrogen-bond donors (Lipinski definition) is 0. The van der Waals surface area contributed by atoms with Gasteiger partial charge in [-0.3, -0.25) is 4.79 Å². The predicted molar refractivity (Wildman–Crippen MR) is 51.5 cm³/mol. The molecule has 1 aromatic carbocycles. The fourth-order valence-corrected chi connectivity index (χ4v) is 1.15. The summed E-state index contributed by atoms with van der Waals surface area (Å²) in [6.07, 6.45) is 0. The van der Waals surface area contributed by atoms with Crippen molar-refractivity contribution in [3.63, 3.8) is 0 Å². The molecule has 0 aliphatic heterocycles. The molecule has 1 rings (SSSR count). The van der Waals surface area contributed by atoms with Gasteiger partial charge in [0.15, 0.2) is 0 Å². The maximum absolute atomic E-state index is 11.3. The highest BCUT2D eigenvalue weighted by molar-refractivity contribution is 5.77. The number of hydrogen-bond acceptors (Lipinski definition) is 2. The molecule has 0 aliphatic carbocycles. The number of benzene rings is 1. The molecule has 0 saturated carbocycles. The van der Waals surface area contributed by atoms with Gasteiger partial charge in [0.05, 0.1) is 12.5 Å². The van der Waals surface area contributed by atoms with Crippen LogP contribution in [0.15, 0.2) is 30.3 Å². The van der Waals surface area contributed by atoms with E-state index in [4.69, 9.17) is 4.74 Å². The molecule has 2 heteroatoms. The van der Waals surface area contributed by atoms with Crippen molar-refractivity contribution in [2.75, 3.05) is 6.61 Å². The summed E-state index contributed by atoms with van der Waals surface area (Å²) in [5.74, 6) is -0.324. The highest BCUT2D eigenvalue weighted by Crippen LogP contribution is 2.15. The first kappa shape index (κ1) is 9.78. The molecule has 70 valence electrons. The Labute approximate surface area is 78.5 Å². The van der Waals surface area contributed by atoms with E-state index in [1.165, 1.54) is 0 Å². The Morgan fingerprint density at radius 1 is 1.38 bits per heavy atom. The lowest BCUT2D eigenvalue weighted by atomic mass is 10.0. The van der Waals surface area contributed by atoms with Gasteiger partial charge in [-0.25, -0.2) is 0 Å². The van der Waals surface area contributed by atoms with Gasteiger partial charge < -0.3 is 4.74 Å². The van der Waals surface area contributed by atoms with Crippen molar-refractivity contribution in [1.29, 1.82) is 0 Å². The first-order valence-electron chi connectivity index (χ1n) is 4.47. The summed E-state index contributed by atoms with van der Waals surface area (Å²) in [5.41, 5.74) is 1.00. The standard InChI is InChI=1S/C11H14O2/c1-3-13-11(12)9(2)10-7-5-4-6-8-10/h4-9H,3H2,1-2H3/t9-/m1/s1. The third-order valence-corrected chi connectivity index (χ3v) is 1.94. The van der Waals surface area contributed by atoms with Gasteiger partial charge in [-0.05, 0) is 19.4 Å². The van der Waals surface area contributed by atoms with Crippen LogP contribution >= 0.6 is 0 Å². The van der Waals surface area contributed by atoms with Gasteiger partial charge in [-0.2, -0.15) is 0 Å². The third-order valence-electron chi connectivity index (χ3n) is 1.94. The van der Waals surface area contributed by atoms with E-state index in [0.29, 0.717) is 6.61 Å². The minimum absolute atomic E-state index is 0.159. The first-order chi connectivity index (χ1) is 6.25. The van der Waals surface area contributed by atoms with Gasteiger partial charge in [0.25, 0.3) is 0 Å². The van der Waals surface area contributed by atoms with Crippen LogP contribution in [0, 0.1) is 0 Å². The largest absolute Gasteiger partial charge is 0.466 e. The van der Waals surface area contributed by atoms with Crippen LogP contribution in [0.1, 0.15) is 25.3 Å². The number of rotatable bonds is 3. The normalized spacial score (nSPS) is 12.2. The molecule has 1 aromatic rings. The quantitative estimate of drug-likeness (QED) is 0.664. The van der Waals surface area contributed by atoms with Crippen LogP contribution in [0.25, 0.3) is 0 Å². The van der Waals surface area contributed by atoms with Gasteiger partial charge in [0.1, 0.15) is 0 Å². The van der Waals surface area contributed by atoms with Crippen molar-refractivity contribution in [2.24, 2.45) is 0 Å². The van der Waals surface area contributed by atoms with Crippen molar-refractivity contribution in [3.8, 4) is 0 Å². The van der Waals surface area contributed by atoms with Gasteiger partial charge in [-0.1, -0.05) is 30.3 Å². The molecule has 0 fully saturated rings. The second-order valence-electron chi connectivity index (χ2n) is 2.88. The minimum atomic E-state index is -0.166. The van der Waals surface area contributed by atoms with Gasteiger partial charge in [-0.15, -0.1) is 0 Å². The fourth-order valence-electron chi connectivity index (χ4n) is 1.15. The lowest BCUT2D eigenvalue weighted by Crippen LogP contribution is -2.12. The average molecular weight is 178 g/mol. The Morgan fingerprint density at radius 2 is 2.00 bits per heavy atom. The molecule has 1 atom stereocenters. The van der Waals surface area contributed by atoms with E-state index in [-0.39, 0.29) is 11.9 Å². The van der Waals surface area contributed by atoms with Crippen LogP contribution in [0.2, 0.25) is 0 Å². The highest BCUT2D eigenvalue weighted by atomic mass is 16.5. The molecule has 0 aromatic heterocycles. The van der Waals surface area contributed by atoms with E-state index in [0.717, 1.165) is 5.56 Å². The molecule has 0 amide bonds. The summed E-state index contributed by atoms with van der Waals surface area (Å²) in [5, 5.41) is 0. The Kier molecular flexibility index (Phi) is 3.50. The Balaban J connectivity index is 2.68. The van der Waals surface area contributed by atoms with E-state index in [2.05, 4.69) is 0 Å². The Morgan fingerprint density at radius 3 is 2.54 bits per heavy atom. The monoisotopic (exact) mass is 178 g/mol. The van der Waals surface area contributed by atoms with Crippen LogP contribution in [-0.4, -0.2) is 12.6 Å². The van der Waals surface area contributed by atoms with Crippen molar-refractivity contribution in [3.05, 3.63) is 35.9 Å². The van der Waals surface area contributed by atoms with Gasteiger partial charge in [0.2, 0.25) is 0 Å². The molecule has 0 aliphatic rings. The second-order valence-corrected chi connectivity index (χ2v) is 2.88. The number of esters is 1. The second kappa shape index (κ2) is 4.65. The molecule has 2 nitrogen and oxygen atoms in total. The topological polar surface area (TPSA) is 26.3 Å². The van der Waals surface area contributed by atoms with E-state index < -0.39 is 0 Å².